The van der Waals surface area contributed by atoms with Crippen LogP contribution in [0.3, 0.4) is 0 Å². The van der Waals surface area contributed by atoms with E-state index < -0.39 is 0 Å². The number of anilines is 1. The van der Waals surface area contributed by atoms with Crippen LogP contribution in [0.15, 0.2) is 29.3 Å². The van der Waals surface area contributed by atoms with Crippen molar-refractivity contribution in [3.8, 4) is 0 Å². The minimum Gasteiger partial charge on any atom is -0.385 e. The Hall–Kier alpha value is -2.04. The fourth-order valence-corrected chi connectivity index (χ4v) is 3.79. The predicted molar refractivity (Wildman–Crippen MR) is 103 cm³/mol. The zero-order chi connectivity index (χ0) is 17.7. The van der Waals surface area contributed by atoms with Crippen molar-refractivity contribution in [3.05, 3.63) is 24.3 Å². The molecule has 25 heavy (non-hydrogen) atoms. The van der Waals surface area contributed by atoms with E-state index in [1.165, 1.54) is 19.3 Å². The van der Waals surface area contributed by atoms with Gasteiger partial charge in [0.1, 0.15) is 5.84 Å². The number of amidine groups is 1. The van der Waals surface area contributed by atoms with Crippen LogP contribution in [0.2, 0.25) is 0 Å². The summed E-state index contributed by atoms with van der Waals surface area (Å²) >= 11 is 0. The second-order valence-corrected chi connectivity index (χ2v) is 7.27. The molecule has 5 nitrogen and oxygen atoms in total. The molecule has 1 spiro atoms. The van der Waals surface area contributed by atoms with Gasteiger partial charge in [-0.3, -0.25) is 4.79 Å². The number of hydrogen-bond acceptors (Lipinski definition) is 4. The average molecular weight is 342 g/mol. The summed E-state index contributed by atoms with van der Waals surface area (Å²) < 4.78 is 0. The van der Waals surface area contributed by atoms with Gasteiger partial charge < -0.3 is 16.0 Å². The fraction of sp³-hybridized carbons (Fsp3) is 0.600. The highest BCUT2D eigenvalue weighted by Crippen LogP contribution is 2.37. The molecular weight excluding hydrogens is 312 g/mol. The molecule has 1 aromatic carbocycles. The molecule has 2 aliphatic rings. The number of carbonyl (C=O) groups excluding carboxylic acids is 1. The number of likely N-dealkylation sites (tertiary alicyclic amines) is 1. The van der Waals surface area contributed by atoms with Crippen molar-refractivity contribution < 1.29 is 4.79 Å². The molecule has 0 aromatic heterocycles. The monoisotopic (exact) mass is 342 g/mol. The summed E-state index contributed by atoms with van der Waals surface area (Å²) in [5.74, 6) is 0.941. The second kappa shape index (κ2) is 7.89. The number of amides is 1. The van der Waals surface area contributed by atoms with Crippen LogP contribution in [-0.4, -0.2) is 35.3 Å². The van der Waals surface area contributed by atoms with E-state index in [-0.39, 0.29) is 11.4 Å². The van der Waals surface area contributed by atoms with E-state index >= 15 is 0 Å². The minimum absolute atomic E-state index is 0.290. The molecule has 0 saturated carbocycles. The maximum absolute atomic E-state index is 12.4. The zero-order valence-electron chi connectivity index (χ0n) is 15.3. The van der Waals surface area contributed by atoms with Crippen LogP contribution in [-0.2, 0) is 4.79 Å². The summed E-state index contributed by atoms with van der Waals surface area (Å²) in [5, 5.41) is 3.59. The molecule has 3 N–H and O–H groups in total. The summed E-state index contributed by atoms with van der Waals surface area (Å²) in [7, 11) is 0. The van der Waals surface area contributed by atoms with E-state index in [2.05, 4.69) is 17.2 Å². The molecule has 2 heterocycles. The lowest BCUT2D eigenvalue weighted by molar-refractivity contribution is -0.132. The molecule has 0 aliphatic carbocycles. The van der Waals surface area contributed by atoms with Crippen LogP contribution in [0, 0.1) is 0 Å². The van der Waals surface area contributed by atoms with Crippen LogP contribution in [0.25, 0.3) is 0 Å². The number of nitrogens with zero attached hydrogens (tertiary/aromatic N) is 2. The first-order valence-electron chi connectivity index (χ1n) is 9.64. The molecule has 0 unspecified atom stereocenters. The number of nitrogens with one attached hydrogen (secondary N) is 1. The van der Waals surface area contributed by atoms with E-state index in [9.17, 15) is 4.79 Å². The number of nitrogens with two attached hydrogens (primary N) is 1. The molecule has 0 radical (unpaired) electrons. The molecule has 1 saturated heterocycles. The van der Waals surface area contributed by atoms with Gasteiger partial charge in [0.15, 0.2) is 0 Å². The first-order valence-corrected chi connectivity index (χ1v) is 9.64. The molecule has 0 atom stereocenters. The normalized spacial score (nSPS) is 18.4. The van der Waals surface area contributed by atoms with E-state index in [1.807, 2.05) is 29.2 Å². The number of fused-ring (bicyclic) bond motifs is 1. The van der Waals surface area contributed by atoms with Gasteiger partial charge in [-0.2, -0.15) is 0 Å². The first kappa shape index (κ1) is 17.8. The van der Waals surface area contributed by atoms with E-state index in [0.717, 1.165) is 50.1 Å². The quantitative estimate of drug-likeness (QED) is 0.772. The fourth-order valence-electron chi connectivity index (χ4n) is 3.79. The minimum atomic E-state index is -0.299. The lowest BCUT2D eigenvalue weighted by Crippen LogP contribution is -2.58. The Morgan fingerprint density at radius 3 is 2.68 bits per heavy atom. The highest BCUT2D eigenvalue weighted by Gasteiger charge is 2.41. The molecule has 5 heteroatoms. The third-order valence-electron chi connectivity index (χ3n) is 5.47. The Morgan fingerprint density at radius 1 is 1.20 bits per heavy atom. The molecule has 2 aliphatic heterocycles. The molecule has 136 valence electrons. The van der Waals surface area contributed by atoms with Gasteiger partial charge in [0.2, 0.25) is 5.91 Å². The summed E-state index contributed by atoms with van der Waals surface area (Å²) in [6.07, 6.45) is 8.23. The highest BCUT2D eigenvalue weighted by atomic mass is 16.2. The van der Waals surface area contributed by atoms with Crippen LogP contribution in [0.4, 0.5) is 11.4 Å². The van der Waals surface area contributed by atoms with Crippen LogP contribution >= 0.6 is 0 Å². The van der Waals surface area contributed by atoms with Crippen molar-refractivity contribution in [1.29, 1.82) is 0 Å². The molecule has 0 bridgehead atoms. The maximum Gasteiger partial charge on any atom is 0.222 e. The number of unbranched alkanes of at least 4 members (excludes halogenated alkanes) is 4. The smallest absolute Gasteiger partial charge is 0.222 e. The van der Waals surface area contributed by atoms with E-state index in [1.54, 1.807) is 0 Å². The van der Waals surface area contributed by atoms with Crippen molar-refractivity contribution >= 4 is 23.1 Å². The Bertz CT molecular complexity index is 632. The maximum atomic E-state index is 12.4. The van der Waals surface area contributed by atoms with Gasteiger partial charge >= 0.3 is 0 Å². The average Bonchev–Trinajstić information content (AvgIpc) is 2.63. The van der Waals surface area contributed by atoms with Gasteiger partial charge in [0.25, 0.3) is 0 Å². The Balaban J connectivity index is 1.53. The highest BCUT2D eigenvalue weighted by molar-refractivity contribution is 5.99. The van der Waals surface area contributed by atoms with Gasteiger partial charge in [-0.15, -0.1) is 0 Å². The van der Waals surface area contributed by atoms with Crippen LogP contribution in [0.5, 0.6) is 0 Å². The van der Waals surface area contributed by atoms with Gasteiger partial charge in [0.05, 0.1) is 16.9 Å². The van der Waals surface area contributed by atoms with Crippen molar-refractivity contribution in [2.75, 3.05) is 18.4 Å². The molecule has 1 aromatic rings. The molecule has 1 fully saturated rings. The van der Waals surface area contributed by atoms with Crippen molar-refractivity contribution in [2.24, 2.45) is 10.7 Å². The zero-order valence-corrected chi connectivity index (χ0v) is 15.3. The number of piperidine rings is 1. The van der Waals surface area contributed by atoms with Crippen molar-refractivity contribution in [1.82, 2.24) is 4.90 Å². The van der Waals surface area contributed by atoms with Gasteiger partial charge in [-0.05, 0) is 31.4 Å². The van der Waals surface area contributed by atoms with Gasteiger partial charge in [0, 0.05) is 19.5 Å². The number of para-hydroxylation sites is 2. The second-order valence-electron chi connectivity index (χ2n) is 7.27. The summed E-state index contributed by atoms with van der Waals surface area (Å²) in [6, 6.07) is 7.99. The summed E-state index contributed by atoms with van der Waals surface area (Å²) in [5.41, 5.74) is 7.93. The summed E-state index contributed by atoms with van der Waals surface area (Å²) in [4.78, 5) is 19.0. The Morgan fingerprint density at radius 2 is 1.92 bits per heavy atom. The van der Waals surface area contributed by atoms with Crippen LogP contribution < -0.4 is 11.1 Å². The standard InChI is InChI=1S/C20H30N4O/c1-2-3-4-5-6-11-18(25)24-14-12-20(13-15-24)19(21)22-16-9-7-8-10-17(16)23-20/h7-10,23H,2-6,11-15H2,1H3,(H2,21,22). The summed E-state index contributed by atoms with van der Waals surface area (Å²) in [6.45, 7) is 3.71. The number of aliphatic imine (C=N–C) groups is 1. The lowest BCUT2D eigenvalue weighted by Gasteiger charge is -2.44. The number of benzene rings is 1. The van der Waals surface area contributed by atoms with E-state index in [0.29, 0.717) is 12.3 Å². The van der Waals surface area contributed by atoms with Crippen LogP contribution in [0.1, 0.15) is 58.3 Å². The molecular formula is C20H30N4O. The third-order valence-corrected chi connectivity index (χ3v) is 5.47. The Labute approximate surface area is 150 Å². The number of hydrogen-bond donors (Lipinski definition) is 2. The van der Waals surface area contributed by atoms with Gasteiger partial charge in [-0.1, -0.05) is 44.7 Å². The molecule has 1 amide bonds. The van der Waals surface area contributed by atoms with E-state index in [4.69, 9.17) is 5.73 Å². The SMILES string of the molecule is CCCCCCCC(=O)N1CCC2(CC1)Nc1ccccc1N=C2N. The largest absolute Gasteiger partial charge is 0.385 e. The lowest BCUT2D eigenvalue weighted by atomic mass is 9.84. The molecule has 3 rings (SSSR count). The predicted octanol–water partition coefficient (Wildman–Crippen LogP) is 3.82. The van der Waals surface area contributed by atoms with Crippen molar-refractivity contribution in [2.45, 2.75) is 63.8 Å². The Kier molecular flexibility index (Phi) is 5.61. The number of carbonyl (C=O) groups is 1. The third kappa shape index (κ3) is 3.97. The topological polar surface area (TPSA) is 70.7 Å². The number of rotatable bonds is 6. The van der Waals surface area contributed by atoms with Gasteiger partial charge in [-0.25, -0.2) is 4.99 Å². The van der Waals surface area contributed by atoms with Crippen molar-refractivity contribution in [3.63, 3.8) is 0 Å². The first-order chi connectivity index (χ1) is 12.1.